The molecule has 0 aromatic carbocycles. The SMILES string of the molecule is Cn1ccnc1CNC(=O)[C@H]1C[C@H]2[C@H](CCN2Cc2cccnc2)O1. The standard InChI is InChI=1S/C18H23N5O2/c1-22-8-6-20-17(22)11-21-18(24)16-9-14-15(25-16)4-7-23(14)12-13-3-2-5-19-10-13/h2-3,5-6,8,10,14-16H,4,7,9,11-12H2,1H3,(H,21,24)/t14-,15-,16+/m0/s1. The number of imidazole rings is 1. The van der Waals surface area contributed by atoms with Crippen molar-refractivity contribution in [2.45, 2.75) is 44.2 Å². The van der Waals surface area contributed by atoms with Crippen molar-refractivity contribution in [1.82, 2.24) is 24.8 Å². The number of aryl methyl sites for hydroxylation is 1. The van der Waals surface area contributed by atoms with Gasteiger partial charge in [-0.2, -0.15) is 0 Å². The second-order valence-corrected chi connectivity index (χ2v) is 6.76. The minimum Gasteiger partial charge on any atom is -0.363 e. The first-order chi connectivity index (χ1) is 12.2. The van der Waals surface area contributed by atoms with Gasteiger partial charge in [-0.25, -0.2) is 4.98 Å². The number of rotatable bonds is 5. The maximum Gasteiger partial charge on any atom is 0.249 e. The number of carbonyl (C=O) groups is 1. The molecule has 2 saturated heterocycles. The summed E-state index contributed by atoms with van der Waals surface area (Å²) in [5.41, 5.74) is 1.20. The van der Waals surface area contributed by atoms with Crippen LogP contribution >= 0.6 is 0 Å². The van der Waals surface area contributed by atoms with Crippen LogP contribution in [0.25, 0.3) is 0 Å². The molecule has 7 nitrogen and oxygen atoms in total. The molecule has 0 radical (unpaired) electrons. The highest BCUT2D eigenvalue weighted by Crippen LogP contribution is 2.33. The molecule has 2 aliphatic rings. The average molecular weight is 341 g/mol. The van der Waals surface area contributed by atoms with E-state index in [4.69, 9.17) is 4.74 Å². The van der Waals surface area contributed by atoms with Gasteiger partial charge in [0.15, 0.2) is 0 Å². The summed E-state index contributed by atoms with van der Waals surface area (Å²) in [6.45, 7) is 2.29. The van der Waals surface area contributed by atoms with Crippen LogP contribution in [-0.4, -0.2) is 50.1 Å². The lowest BCUT2D eigenvalue weighted by molar-refractivity contribution is -0.132. The monoisotopic (exact) mass is 341 g/mol. The first kappa shape index (κ1) is 16.2. The number of likely N-dealkylation sites (tertiary alicyclic amines) is 1. The summed E-state index contributed by atoms with van der Waals surface area (Å²) in [5, 5.41) is 2.95. The van der Waals surface area contributed by atoms with Crippen molar-refractivity contribution in [1.29, 1.82) is 0 Å². The summed E-state index contributed by atoms with van der Waals surface area (Å²) < 4.78 is 7.92. The number of carbonyl (C=O) groups excluding carboxylic acids is 1. The highest BCUT2D eigenvalue weighted by molar-refractivity contribution is 5.81. The topological polar surface area (TPSA) is 72.3 Å². The third kappa shape index (κ3) is 3.43. The van der Waals surface area contributed by atoms with E-state index in [1.54, 1.807) is 12.4 Å². The van der Waals surface area contributed by atoms with Crippen molar-refractivity contribution >= 4 is 5.91 Å². The summed E-state index contributed by atoms with van der Waals surface area (Å²) in [4.78, 5) is 23.3. The minimum atomic E-state index is -0.369. The van der Waals surface area contributed by atoms with E-state index in [2.05, 4.69) is 26.3 Å². The molecule has 132 valence electrons. The quantitative estimate of drug-likeness (QED) is 0.873. The van der Waals surface area contributed by atoms with Crippen molar-refractivity contribution < 1.29 is 9.53 Å². The Bertz CT molecular complexity index is 732. The molecule has 0 spiro atoms. The minimum absolute atomic E-state index is 0.0428. The largest absolute Gasteiger partial charge is 0.363 e. The molecular formula is C18H23N5O2. The van der Waals surface area contributed by atoms with Gasteiger partial charge >= 0.3 is 0 Å². The number of hydrogen-bond donors (Lipinski definition) is 1. The van der Waals surface area contributed by atoms with E-state index in [-0.39, 0.29) is 18.1 Å². The molecule has 2 aromatic rings. The van der Waals surface area contributed by atoms with Crippen LogP contribution < -0.4 is 5.32 Å². The van der Waals surface area contributed by atoms with E-state index in [1.165, 1.54) is 5.56 Å². The van der Waals surface area contributed by atoms with E-state index in [9.17, 15) is 4.79 Å². The Hall–Kier alpha value is -2.25. The van der Waals surface area contributed by atoms with Crippen LogP contribution in [0.5, 0.6) is 0 Å². The van der Waals surface area contributed by atoms with Gasteiger partial charge in [-0.1, -0.05) is 6.07 Å². The lowest BCUT2D eigenvalue weighted by Crippen LogP contribution is -2.36. The Kier molecular flexibility index (Phi) is 4.50. The predicted molar refractivity (Wildman–Crippen MR) is 91.4 cm³/mol. The molecule has 25 heavy (non-hydrogen) atoms. The Morgan fingerprint density at radius 3 is 3.12 bits per heavy atom. The van der Waals surface area contributed by atoms with Crippen molar-refractivity contribution in [2.75, 3.05) is 6.54 Å². The van der Waals surface area contributed by atoms with Crippen LogP contribution in [0.15, 0.2) is 36.9 Å². The van der Waals surface area contributed by atoms with Gasteiger partial charge < -0.3 is 14.6 Å². The summed E-state index contributed by atoms with van der Waals surface area (Å²) in [5.74, 6) is 0.795. The number of amides is 1. The van der Waals surface area contributed by atoms with E-state index >= 15 is 0 Å². The first-order valence-corrected chi connectivity index (χ1v) is 8.73. The molecule has 3 atom stereocenters. The van der Waals surface area contributed by atoms with Crippen LogP contribution in [0.2, 0.25) is 0 Å². The fourth-order valence-electron chi connectivity index (χ4n) is 3.77. The van der Waals surface area contributed by atoms with Gasteiger partial charge in [-0.15, -0.1) is 0 Å². The molecule has 1 amide bonds. The fraction of sp³-hybridized carbons (Fsp3) is 0.500. The van der Waals surface area contributed by atoms with E-state index < -0.39 is 0 Å². The molecule has 4 heterocycles. The van der Waals surface area contributed by atoms with Crippen LogP contribution in [0.4, 0.5) is 0 Å². The van der Waals surface area contributed by atoms with E-state index in [0.29, 0.717) is 12.6 Å². The number of aromatic nitrogens is 3. The zero-order valence-electron chi connectivity index (χ0n) is 14.3. The third-order valence-corrected chi connectivity index (χ3v) is 5.14. The maximum atomic E-state index is 12.4. The first-order valence-electron chi connectivity index (χ1n) is 8.73. The average Bonchev–Trinajstić information content (AvgIpc) is 3.31. The zero-order valence-corrected chi connectivity index (χ0v) is 14.3. The van der Waals surface area contributed by atoms with Crippen LogP contribution in [-0.2, 0) is 29.7 Å². The smallest absolute Gasteiger partial charge is 0.249 e. The summed E-state index contributed by atoms with van der Waals surface area (Å²) in [6, 6.07) is 4.36. The normalized spacial score (nSPS) is 25.9. The molecule has 2 aromatic heterocycles. The van der Waals surface area contributed by atoms with Gasteiger partial charge in [0.25, 0.3) is 0 Å². The Labute approximate surface area is 147 Å². The Balaban J connectivity index is 1.33. The summed E-state index contributed by atoms with van der Waals surface area (Å²) in [6.07, 6.45) is 8.80. The third-order valence-electron chi connectivity index (χ3n) is 5.14. The van der Waals surface area contributed by atoms with Crippen molar-refractivity contribution in [3.63, 3.8) is 0 Å². The second-order valence-electron chi connectivity index (χ2n) is 6.76. The number of nitrogens with one attached hydrogen (secondary N) is 1. The highest BCUT2D eigenvalue weighted by Gasteiger charge is 2.45. The molecule has 2 fully saturated rings. The highest BCUT2D eigenvalue weighted by atomic mass is 16.5. The Morgan fingerprint density at radius 1 is 1.44 bits per heavy atom. The van der Waals surface area contributed by atoms with E-state index in [0.717, 1.165) is 31.8 Å². The number of nitrogens with zero attached hydrogens (tertiary/aromatic N) is 4. The molecule has 4 rings (SSSR count). The number of hydrogen-bond acceptors (Lipinski definition) is 5. The van der Waals surface area contributed by atoms with Crippen LogP contribution in [0, 0.1) is 0 Å². The van der Waals surface area contributed by atoms with Gasteiger partial charge in [0.2, 0.25) is 5.91 Å². The number of ether oxygens (including phenoxy) is 1. The molecule has 0 unspecified atom stereocenters. The molecule has 0 aliphatic carbocycles. The van der Waals surface area contributed by atoms with Crippen molar-refractivity contribution in [3.8, 4) is 0 Å². The van der Waals surface area contributed by atoms with Gasteiger partial charge in [-0.3, -0.25) is 14.7 Å². The van der Waals surface area contributed by atoms with Crippen LogP contribution in [0.3, 0.4) is 0 Å². The number of fused-ring (bicyclic) bond motifs is 1. The van der Waals surface area contributed by atoms with Crippen LogP contribution in [0.1, 0.15) is 24.2 Å². The zero-order chi connectivity index (χ0) is 17.2. The lowest BCUT2D eigenvalue weighted by atomic mass is 10.1. The maximum absolute atomic E-state index is 12.4. The molecule has 0 bridgehead atoms. The molecule has 0 saturated carbocycles. The summed E-state index contributed by atoms with van der Waals surface area (Å²) >= 11 is 0. The van der Waals surface area contributed by atoms with Crippen molar-refractivity contribution in [2.24, 2.45) is 7.05 Å². The van der Waals surface area contributed by atoms with Gasteiger partial charge in [0, 0.05) is 57.4 Å². The lowest BCUT2D eigenvalue weighted by Gasteiger charge is -2.22. The molecule has 1 N–H and O–H groups in total. The predicted octanol–water partition coefficient (Wildman–Crippen LogP) is 0.863. The summed E-state index contributed by atoms with van der Waals surface area (Å²) in [7, 11) is 1.92. The second kappa shape index (κ2) is 6.93. The Morgan fingerprint density at radius 2 is 2.36 bits per heavy atom. The van der Waals surface area contributed by atoms with Gasteiger partial charge in [-0.05, 0) is 18.1 Å². The number of pyridine rings is 1. The van der Waals surface area contributed by atoms with Gasteiger partial charge in [0.05, 0.1) is 12.6 Å². The van der Waals surface area contributed by atoms with E-state index in [1.807, 2.05) is 30.1 Å². The fourth-order valence-corrected chi connectivity index (χ4v) is 3.77. The molecule has 7 heteroatoms. The molecular weight excluding hydrogens is 318 g/mol. The molecule has 2 aliphatic heterocycles. The van der Waals surface area contributed by atoms with Crippen molar-refractivity contribution in [3.05, 3.63) is 48.3 Å². The van der Waals surface area contributed by atoms with Gasteiger partial charge in [0.1, 0.15) is 11.9 Å².